The summed E-state index contributed by atoms with van der Waals surface area (Å²) in [6, 6.07) is 58.8. The third kappa shape index (κ3) is 8.88. The Morgan fingerprint density at radius 1 is 0.500 bits per heavy atom. The number of allylic oxidation sites excluding steroid dienone is 14. The van der Waals surface area contributed by atoms with E-state index in [1.807, 2.05) is 18.2 Å². The van der Waals surface area contributed by atoms with Crippen LogP contribution in [0.1, 0.15) is 120 Å². The van der Waals surface area contributed by atoms with E-state index in [9.17, 15) is 4.79 Å². The SMILES string of the molecule is CCC1CC=C(/C=C/c2cccc(/C=C/C3=[N+](C)c4ccc5ccccc5c4C3(C)C)c2)C(C)(C)c2c1ccc1c(-c3cccc4c5c(ccc34)[N+](C)=C(/C=C/C3=CC(=C/C=C4/N(C)c6ccc7ccccc7c6C4(C)C)/C=CC3=O)C5(C)C)cccc21. The first-order chi connectivity index (χ1) is 42.3. The van der Waals surface area contributed by atoms with E-state index in [2.05, 4.69) is 304 Å². The van der Waals surface area contributed by atoms with Crippen LogP contribution in [0.4, 0.5) is 17.1 Å². The van der Waals surface area contributed by atoms with E-state index in [0.29, 0.717) is 11.5 Å². The molecule has 0 saturated heterocycles. The Bertz CT molecular complexity index is 4850. The fraction of sp³-hybridized carbons (Fsp3) is 0.226. The van der Waals surface area contributed by atoms with Gasteiger partial charge in [-0.15, -0.1) is 0 Å². The molecule has 0 amide bonds. The summed E-state index contributed by atoms with van der Waals surface area (Å²) in [5, 5.41) is 10.3. The Morgan fingerprint density at radius 2 is 1.05 bits per heavy atom. The zero-order chi connectivity index (χ0) is 61.2. The van der Waals surface area contributed by atoms with Gasteiger partial charge in [-0.3, -0.25) is 4.79 Å². The summed E-state index contributed by atoms with van der Waals surface area (Å²) in [6.07, 6.45) is 28.2. The van der Waals surface area contributed by atoms with Crippen LogP contribution in [0.3, 0.4) is 0 Å². The van der Waals surface area contributed by atoms with Gasteiger partial charge in [-0.1, -0.05) is 186 Å². The highest BCUT2D eigenvalue weighted by atomic mass is 16.1. The molecule has 0 aromatic heterocycles. The van der Waals surface area contributed by atoms with Crippen LogP contribution in [0.5, 0.6) is 0 Å². The summed E-state index contributed by atoms with van der Waals surface area (Å²) in [5.74, 6) is 0.425. The molecule has 0 saturated carbocycles. The first kappa shape index (κ1) is 56.6. The lowest BCUT2D eigenvalue weighted by Gasteiger charge is -2.31. The number of hydrogen-bond acceptors (Lipinski definition) is 2. The van der Waals surface area contributed by atoms with E-state index in [-0.39, 0.29) is 27.4 Å². The summed E-state index contributed by atoms with van der Waals surface area (Å²) in [7, 11) is 6.54. The standard InChI is InChI=1S/C84H79N3O/c1-13-56-35-40-60(39-31-53-21-18-22-54(51-53)33-48-74-82(4,5)78-61-25-16-14-23-57(61)36-44-70(78)85(74)10)81(2,3)77-63(56)41-42-66-64(27-19-29-68(66)77)65-28-20-30-69-67(65)43-46-72-80(69)84(8,9)76(87(72)12)50-38-59-52-55(32-47-73(59)88)34-49-75-83(6,7)79-62-26-17-15-24-58(62)37-45-71(79)86(75)11/h14-34,36-52,56H,13,35H2,1-12H3/q+2/b39-31+,48-33+. The molecular formula is C84H79N3O+2. The van der Waals surface area contributed by atoms with E-state index in [0.717, 1.165) is 24.1 Å². The van der Waals surface area contributed by atoms with E-state index < -0.39 is 0 Å². The van der Waals surface area contributed by atoms with Crippen LogP contribution >= 0.6 is 0 Å². The molecule has 4 nitrogen and oxygen atoms in total. The molecule has 5 aliphatic rings. The first-order valence-electron chi connectivity index (χ1n) is 31.6. The Labute approximate surface area is 520 Å². The van der Waals surface area contributed by atoms with Crippen molar-refractivity contribution in [2.75, 3.05) is 26.0 Å². The zero-order valence-electron chi connectivity index (χ0n) is 53.2. The fourth-order valence-corrected chi connectivity index (χ4v) is 16.3. The number of carbonyl (C=O) groups excluding carboxylic acids is 1. The highest BCUT2D eigenvalue weighted by Crippen LogP contribution is 2.52. The monoisotopic (exact) mass is 1150 g/mol. The van der Waals surface area contributed by atoms with Crippen LogP contribution < -0.4 is 4.90 Å². The number of carbonyl (C=O) groups is 1. The van der Waals surface area contributed by atoms with Gasteiger partial charge in [0.05, 0.1) is 10.8 Å². The Balaban J connectivity index is 0.749. The van der Waals surface area contributed by atoms with Gasteiger partial charge in [0.2, 0.25) is 11.4 Å². The third-order valence-electron chi connectivity index (χ3n) is 20.8. The quantitative estimate of drug-likeness (QED) is 0.135. The van der Waals surface area contributed by atoms with E-state index >= 15 is 0 Å². The largest absolute Gasteiger partial charge is 0.347 e. The number of ketones is 1. The maximum atomic E-state index is 13.6. The Kier molecular flexibility index (Phi) is 13.5. The van der Waals surface area contributed by atoms with Crippen molar-refractivity contribution >= 4 is 89.5 Å². The van der Waals surface area contributed by atoms with Crippen molar-refractivity contribution < 1.29 is 13.9 Å². The summed E-state index contributed by atoms with van der Waals surface area (Å²) in [6.45, 7) is 21.2. The molecule has 0 bridgehead atoms. The van der Waals surface area contributed by atoms with Crippen molar-refractivity contribution in [3.8, 4) is 11.1 Å². The molecule has 4 heteroatoms. The maximum absolute atomic E-state index is 13.6. The molecule has 9 aromatic carbocycles. The molecule has 2 aliphatic carbocycles. The highest BCUT2D eigenvalue weighted by molar-refractivity contribution is 6.14. The van der Waals surface area contributed by atoms with Crippen LogP contribution in [-0.4, -0.2) is 47.5 Å². The summed E-state index contributed by atoms with van der Waals surface area (Å²) in [5.41, 5.74) is 21.2. The van der Waals surface area contributed by atoms with E-state index in [1.54, 1.807) is 6.08 Å². The summed E-state index contributed by atoms with van der Waals surface area (Å²) in [4.78, 5) is 16.0. The number of hydrogen-bond donors (Lipinski definition) is 0. The molecule has 3 aliphatic heterocycles. The Morgan fingerprint density at radius 3 is 1.70 bits per heavy atom. The van der Waals surface area contributed by atoms with Crippen LogP contribution in [0.2, 0.25) is 0 Å². The molecule has 0 N–H and O–H groups in total. The van der Waals surface area contributed by atoms with E-state index in [1.165, 1.54) is 127 Å². The van der Waals surface area contributed by atoms with Crippen molar-refractivity contribution in [3.05, 3.63) is 280 Å². The molecule has 0 radical (unpaired) electrons. The van der Waals surface area contributed by atoms with Gasteiger partial charge in [-0.05, 0) is 194 Å². The molecule has 14 rings (SSSR count). The molecule has 1 unspecified atom stereocenters. The lowest BCUT2D eigenvalue weighted by Crippen LogP contribution is -2.27. The number of benzene rings is 9. The average Bonchev–Trinajstić information content (AvgIpc) is 1.61. The number of fused-ring (bicyclic) bond motifs is 12. The second-order valence-corrected chi connectivity index (χ2v) is 27.3. The molecule has 434 valence electrons. The molecule has 9 aromatic rings. The third-order valence-corrected chi connectivity index (χ3v) is 20.8. The summed E-state index contributed by atoms with van der Waals surface area (Å²) < 4.78 is 4.70. The van der Waals surface area contributed by atoms with E-state index in [4.69, 9.17) is 0 Å². The molecule has 3 heterocycles. The number of likely N-dealkylation sites (N-methyl/N-ethyl adjacent to an activating group) is 1. The minimum Gasteiger partial charge on any atom is -0.347 e. The molecule has 0 spiro atoms. The van der Waals surface area contributed by atoms with Crippen molar-refractivity contribution in [2.24, 2.45) is 0 Å². The fourth-order valence-electron chi connectivity index (χ4n) is 16.3. The topological polar surface area (TPSA) is 26.3 Å². The minimum atomic E-state index is -0.358. The Hall–Kier alpha value is -9.25. The lowest BCUT2D eigenvalue weighted by atomic mass is 9.72. The number of anilines is 1. The number of rotatable bonds is 9. The van der Waals surface area contributed by atoms with Crippen molar-refractivity contribution in [1.29, 1.82) is 0 Å². The van der Waals surface area contributed by atoms with Gasteiger partial charge >= 0.3 is 0 Å². The van der Waals surface area contributed by atoms with Gasteiger partial charge in [0.1, 0.15) is 14.1 Å². The lowest BCUT2D eigenvalue weighted by molar-refractivity contribution is -0.401. The maximum Gasteiger partial charge on any atom is 0.210 e. The molecule has 88 heavy (non-hydrogen) atoms. The van der Waals surface area contributed by atoms with Gasteiger partial charge in [0, 0.05) is 70.2 Å². The number of nitrogens with zero attached hydrogens (tertiary/aromatic N) is 3. The van der Waals surface area contributed by atoms with Gasteiger partial charge < -0.3 is 4.90 Å². The first-order valence-corrected chi connectivity index (χ1v) is 31.6. The van der Waals surface area contributed by atoms with Crippen LogP contribution in [-0.2, 0) is 26.5 Å². The predicted octanol–water partition coefficient (Wildman–Crippen LogP) is 20.4. The average molecular weight is 1150 g/mol. The van der Waals surface area contributed by atoms with Gasteiger partial charge in [-0.2, -0.15) is 9.15 Å². The molecular weight excluding hydrogens is 1070 g/mol. The molecule has 0 fully saturated rings. The van der Waals surface area contributed by atoms with Crippen molar-refractivity contribution in [2.45, 2.75) is 103 Å². The normalized spacial score (nSPS) is 20.0. The minimum absolute atomic E-state index is 0.0108. The van der Waals surface area contributed by atoms with Crippen molar-refractivity contribution in [1.82, 2.24) is 0 Å². The van der Waals surface area contributed by atoms with Gasteiger partial charge in [-0.25, -0.2) is 0 Å². The van der Waals surface area contributed by atoms with Gasteiger partial charge in [0.25, 0.3) is 0 Å². The predicted molar refractivity (Wildman–Crippen MR) is 375 cm³/mol. The second-order valence-electron chi connectivity index (χ2n) is 27.3. The highest BCUT2D eigenvalue weighted by Gasteiger charge is 2.46. The second kappa shape index (κ2) is 21.0. The van der Waals surface area contributed by atoms with Gasteiger partial charge in [0.15, 0.2) is 17.2 Å². The van der Waals surface area contributed by atoms with Crippen LogP contribution in [0.25, 0.3) is 66.4 Å². The van der Waals surface area contributed by atoms with Crippen molar-refractivity contribution in [3.63, 3.8) is 0 Å². The summed E-state index contributed by atoms with van der Waals surface area (Å²) >= 11 is 0. The van der Waals surface area contributed by atoms with Crippen LogP contribution in [0.15, 0.2) is 241 Å². The van der Waals surface area contributed by atoms with Crippen LogP contribution in [0, 0.1) is 0 Å². The zero-order valence-corrected chi connectivity index (χ0v) is 53.2. The molecule has 1 atom stereocenters. The smallest absolute Gasteiger partial charge is 0.210 e.